The van der Waals surface area contributed by atoms with Crippen molar-refractivity contribution in [2.45, 2.75) is 33.3 Å². The highest BCUT2D eigenvalue weighted by Crippen LogP contribution is 2.58. The van der Waals surface area contributed by atoms with Crippen LogP contribution >= 0.6 is 11.3 Å². The molecule has 0 radical (unpaired) electrons. The van der Waals surface area contributed by atoms with Crippen LogP contribution in [-0.2, 0) is 0 Å². The molecule has 1 aliphatic carbocycles. The Morgan fingerprint density at radius 2 is 2.23 bits per heavy atom. The first kappa shape index (κ1) is 9.22. The van der Waals surface area contributed by atoms with Gasteiger partial charge in [0.15, 0.2) is 0 Å². The van der Waals surface area contributed by atoms with Gasteiger partial charge in [0, 0.05) is 4.88 Å². The molecule has 1 heterocycles. The van der Waals surface area contributed by atoms with E-state index in [9.17, 15) is 5.11 Å². The minimum atomic E-state index is -0.235. The molecule has 0 aliphatic heterocycles. The lowest BCUT2D eigenvalue weighted by Gasteiger charge is -2.11. The first-order valence-corrected chi connectivity index (χ1v) is 5.62. The average molecular weight is 196 g/mol. The number of aliphatic hydroxyl groups is 1. The number of rotatable bonds is 2. The first-order chi connectivity index (χ1) is 6.02. The lowest BCUT2D eigenvalue weighted by Crippen LogP contribution is -2.04. The van der Waals surface area contributed by atoms with E-state index < -0.39 is 0 Å². The molecule has 2 unspecified atom stereocenters. The molecule has 1 aliphatic rings. The molecule has 0 saturated heterocycles. The van der Waals surface area contributed by atoms with Crippen LogP contribution in [0.25, 0.3) is 0 Å². The lowest BCUT2D eigenvalue weighted by molar-refractivity contribution is 0.138. The van der Waals surface area contributed by atoms with Crippen LogP contribution in [0.2, 0.25) is 0 Å². The zero-order chi connectivity index (χ0) is 9.64. The van der Waals surface area contributed by atoms with Gasteiger partial charge in [-0.2, -0.15) is 0 Å². The summed E-state index contributed by atoms with van der Waals surface area (Å²) in [4.78, 5) is 1.26. The Bertz CT molecular complexity index is 314. The van der Waals surface area contributed by atoms with Crippen LogP contribution in [0.1, 0.15) is 36.8 Å². The summed E-state index contributed by atoms with van der Waals surface area (Å²) in [5.74, 6) is 0.473. The van der Waals surface area contributed by atoms with Crippen molar-refractivity contribution in [3.8, 4) is 0 Å². The van der Waals surface area contributed by atoms with Crippen LogP contribution in [0.3, 0.4) is 0 Å². The van der Waals surface area contributed by atoms with Gasteiger partial charge in [0.25, 0.3) is 0 Å². The molecule has 1 fully saturated rings. The van der Waals surface area contributed by atoms with E-state index in [4.69, 9.17) is 0 Å². The Labute approximate surface area is 83.4 Å². The van der Waals surface area contributed by atoms with E-state index in [1.165, 1.54) is 4.88 Å². The van der Waals surface area contributed by atoms with Crippen LogP contribution in [0.15, 0.2) is 11.4 Å². The minimum absolute atomic E-state index is 0.235. The summed E-state index contributed by atoms with van der Waals surface area (Å²) in [6.45, 7) is 6.53. The maximum absolute atomic E-state index is 10.1. The third-order valence-electron chi connectivity index (χ3n) is 3.19. The smallest absolute Gasteiger partial charge is 0.0834 e. The van der Waals surface area contributed by atoms with Gasteiger partial charge in [-0.1, -0.05) is 13.8 Å². The normalized spacial score (nSPS) is 27.2. The molecular weight excluding hydrogens is 180 g/mol. The molecule has 2 atom stereocenters. The molecule has 1 saturated carbocycles. The highest BCUT2D eigenvalue weighted by atomic mass is 32.1. The Morgan fingerprint density at radius 3 is 2.62 bits per heavy atom. The van der Waals surface area contributed by atoms with Crippen molar-refractivity contribution in [1.82, 2.24) is 0 Å². The van der Waals surface area contributed by atoms with Crippen molar-refractivity contribution in [2.75, 3.05) is 0 Å². The van der Waals surface area contributed by atoms with Gasteiger partial charge in [-0.25, -0.2) is 0 Å². The van der Waals surface area contributed by atoms with Crippen molar-refractivity contribution in [2.24, 2.45) is 11.3 Å². The monoisotopic (exact) mass is 196 g/mol. The molecule has 0 amide bonds. The molecular formula is C11H16OS. The van der Waals surface area contributed by atoms with E-state index in [1.54, 1.807) is 11.3 Å². The van der Waals surface area contributed by atoms with Gasteiger partial charge in [-0.3, -0.25) is 0 Å². The molecule has 0 spiro atoms. The summed E-state index contributed by atoms with van der Waals surface area (Å²) in [5.41, 5.74) is 1.49. The molecule has 13 heavy (non-hydrogen) atoms. The van der Waals surface area contributed by atoms with E-state index >= 15 is 0 Å². The molecule has 0 aromatic carbocycles. The van der Waals surface area contributed by atoms with E-state index in [0.717, 1.165) is 12.0 Å². The first-order valence-electron chi connectivity index (χ1n) is 4.74. The summed E-state index contributed by atoms with van der Waals surface area (Å²) < 4.78 is 0. The third kappa shape index (κ3) is 1.53. The van der Waals surface area contributed by atoms with E-state index in [0.29, 0.717) is 11.3 Å². The summed E-state index contributed by atoms with van der Waals surface area (Å²) in [6, 6.07) is 2.05. The molecule has 1 aromatic heterocycles. The van der Waals surface area contributed by atoms with Gasteiger partial charge >= 0.3 is 0 Å². The lowest BCUT2D eigenvalue weighted by atomic mass is 10.0. The summed E-state index contributed by atoms with van der Waals surface area (Å²) in [5, 5.41) is 12.1. The van der Waals surface area contributed by atoms with Gasteiger partial charge < -0.3 is 5.11 Å². The SMILES string of the molecule is Cc1sccc1C(O)C1CC1(C)C. The predicted octanol–water partition coefficient (Wildman–Crippen LogP) is 3.14. The summed E-state index contributed by atoms with van der Waals surface area (Å²) in [6.07, 6.45) is 0.921. The number of thiophene rings is 1. The van der Waals surface area contributed by atoms with Crippen molar-refractivity contribution in [1.29, 1.82) is 0 Å². The fraction of sp³-hybridized carbons (Fsp3) is 0.636. The molecule has 1 aromatic rings. The van der Waals surface area contributed by atoms with Gasteiger partial charge in [-0.15, -0.1) is 11.3 Å². The Balaban J connectivity index is 2.15. The number of aryl methyl sites for hydroxylation is 1. The number of hydrogen-bond donors (Lipinski definition) is 1. The van der Waals surface area contributed by atoms with Crippen molar-refractivity contribution >= 4 is 11.3 Å². The van der Waals surface area contributed by atoms with Crippen molar-refractivity contribution in [3.63, 3.8) is 0 Å². The molecule has 0 bridgehead atoms. The zero-order valence-corrected chi connectivity index (χ0v) is 9.19. The fourth-order valence-electron chi connectivity index (χ4n) is 1.97. The van der Waals surface area contributed by atoms with E-state index in [-0.39, 0.29) is 6.10 Å². The van der Waals surface area contributed by atoms with Crippen LogP contribution in [0, 0.1) is 18.3 Å². The van der Waals surface area contributed by atoms with Gasteiger partial charge in [0.1, 0.15) is 0 Å². The maximum Gasteiger partial charge on any atom is 0.0834 e. The van der Waals surface area contributed by atoms with Crippen LogP contribution in [0.4, 0.5) is 0 Å². The Kier molecular flexibility index (Phi) is 2.00. The van der Waals surface area contributed by atoms with Gasteiger partial charge in [0.05, 0.1) is 6.10 Å². The molecule has 72 valence electrons. The quantitative estimate of drug-likeness (QED) is 0.770. The van der Waals surface area contributed by atoms with Crippen LogP contribution in [0.5, 0.6) is 0 Å². The Morgan fingerprint density at radius 1 is 1.62 bits per heavy atom. The second-order valence-electron chi connectivity index (χ2n) is 4.68. The van der Waals surface area contributed by atoms with Gasteiger partial charge in [0.2, 0.25) is 0 Å². The van der Waals surface area contributed by atoms with Crippen LogP contribution in [-0.4, -0.2) is 5.11 Å². The number of aliphatic hydroxyl groups excluding tert-OH is 1. The molecule has 1 nitrogen and oxygen atoms in total. The van der Waals surface area contributed by atoms with Crippen LogP contribution < -0.4 is 0 Å². The standard InChI is InChI=1S/C11H16OS/c1-7-8(4-5-13-7)10(12)9-6-11(9,2)3/h4-5,9-10,12H,6H2,1-3H3. The summed E-state index contributed by atoms with van der Waals surface area (Å²) >= 11 is 1.72. The highest BCUT2D eigenvalue weighted by molar-refractivity contribution is 7.10. The molecule has 2 rings (SSSR count). The van der Waals surface area contributed by atoms with Crippen molar-refractivity contribution < 1.29 is 5.11 Å². The Hall–Kier alpha value is -0.340. The number of hydrogen-bond acceptors (Lipinski definition) is 2. The minimum Gasteiger partial charge on any atom is -0.388 e. The van der Waals surface area contributed by atoms with Gasteiger partial charge in [-0.05, 0) is 41.7 Å². The highest BCUT2D eigenvalue weighted by Gasteiger charge is 2.50. The second kappa shape index (κ2) is 2.82. The summed E-state index contributed by atoms with van der Waals surface area (Å²) in [7, 11) is 0. The third-order valence-corrected chi connectivity index (χ3v) is 4.05. The zero-order valence-electron chi connectivity index (χ0n) is 8.37. The largest absolute Gasteiger partial charge is 0.388 e. The van der Waals surface area contributed by atoms with E-state index in [2.05, 4.69) is 32.2 Å². The molecule has 1 N–H and O–H groups in total. The van der Waals surface area contributed by atoms with E-state index in [1.807, 2.05) is 0 Å². The average Bonchev–Trinajstić information content (AvgIpc) is 2.49. The van der Waals surface area contributed by atoms with Crippen molar-refractivity contribution in [3.05, 3.63) is 21.9 Å². The predicted molar refractivity (Wildman–Crippen MR) is 55.9 cm³/mol. The topological polar surface area (TPSA) is 20.2 Å². The maximum atomic E-state index is 10.1. The second-order valence-corrected chi connectivity index (χ2v) is 5.80. The molecule has 2 heteroatoms. The fourth-order valence-corrected chi connectivity index (χ4v) is 2.71.